The summed E-state index contributed by atoms with van der Waals surface area (Å²) in [5, 5.41) is 8.40. The molecule has 0 heterocycles. The van der Waals surface area contributed by atoms with E-state index in [0.29, 0.717) is 6.54 Å². The number of amides is 1. The highest BCUT2D eigenvalue weighted by atomic mass is 16.4. The van der Waals surface area contributed by atoms with Gasteiger partial charge in [0.25, 0.3) is 0 Å². The first-order valence-electron chi connectivity index (χ1n) is 3.13. The molecule has 0 spiro atoms. The Morgan fingerprint density at radius 2 is 1.80 bits per heavy atom. The van der Waals surface area contributed by atoms with Gasteiger partial charge in [-0.05, 0) is 14.1 Å². The van der Waals surface area contributed by atoms with Gasteiger partial charge in [0.1, 0.15) is 0 Å². The summed E-state index contributed by atoms with van der Waals surface area (Å²) >= 11 is 0. The fraction of sp³-hybridized carbons (Fsp3) is 0.833. The van der Waals surface area contributed by atoms with Crippen LogP contribution in [0.5, 0.6) is 0 Å². The van der Waals surface area contributed by atoms with Gasteiger partial charge in [-0.25, -0.2) is 4.79 Å². The Morgan fingerprint density at radius 3 is 2.10 bits per heavy atom. The highest BCUT2D eigenvalue weighted by molar-refractivity contribution is 5.64. The van der Waals surface area contributed by atoms with Crippen LogP contribution >= 0.6 is 0 Å². The lowest BCUT2D eigenvalue weighted by Gasteiger charge is -2.15. The molecule has 0 aliphatic rings. The van der Waals surface area contributed by atoms with Crippen LogP contribution < -0.4 is 0 Å². The molecule has 0 aliphatic heterocycles. The lowest BCUT2D eigenvalue weighted by molar-refractivity contribution is 0.152. The van der Waals surface area contributed by atoms with E-state index in [9.17, 15) is 4.79 Å². The van der Waals surface area contributed by atoms with E-state index in [2.05, 4.69) is 0 Å². The molecule has 10 heavy (non-hydrogen) atoms. The van der Waals surface area contributed by atoms with Crippen LogP contribution in [-0.4, -0.2) is 55.2 Å². The zero-order valence-corrected chi connectivity index (χ0v) is 6.66. The minimum absolute atomic E-state index is 0.558. The molecule has 0 fully saturated rings. The van der Waals surface area contributed by atoms with Crippen LogP contribution in [0.1, 0.15) is 0 Å². The van der Waals surface area contributed by atoms with E-state index in [0.717, 1.165) is 6.54 Å². The van der Waals surface area contributed by atoms with Gasteiger partial charge in [0.05, 0.1) is 0 Å². The maximum Gasteiger partial charge on any atom is 0.407 e. The third-order valence-electron chi connectivity index (χ3n) is 1.21. The van der Waals surface area contributed by atoms with Crippen LogP contribution in [-0.2, 0) is 0 Å². The van der Waals surface area contributed by atoms with Crippen LogP contribution in [0.25, 0.3) is 0 Å². The molecule has 0 rings (SSSR count). The summed E-state index contributed by atoms with van der Waals surface area (Å²) in [6.07, 6.45) is -0.873. The number of hydrogen-bond acceptors (Lipinski definition) is 2. The van der Waals surface area contributed by atoms with Crippen molar-refractivity contribution >= 4 is 6.09 Å². The van der Waals surface area contributed by atoms with Crippen LogP contribution in [0.15, 0.2) is 0 Å². The molecular weight excluding hydrogens is 132 g/mol. The molecule has 0 saturated heterocycles. The summed E-state index contributed by atoms with van der Waals surface area (Å²) < 4.78 is 0. The Hall–Kier alpha value is -0.770. The molecule has 0 atom stereocenters. The monoisotopic (exact) mass is 146 g/mol. The lowest BCUT2D eigenvalue weighted by atomic mass is 10.5. The standard InChI is InChI=1S/C6H14N2O2/c1-7(2)4-5-8(3)6(9)10/h4-5H2,1-3H3,(H,9,10). The molecule has 0 unspecified atom stereocenters. The van der Waals surface area contributed by atoms with Crippen LogP contribution in [0, 0.1) is 0 Å². The zero-order valence-electron chi connectivity index (χ0n) is 6.66. The minimum Gasteiger partial charge on any atom is -0.465 e. The molecule has 0 radical (unpaired) electrons. The van der Waals surface area contributed by atoms with Gasteiger partial charge in [-0.3, -0.25) is 0 Å². The largest absolute Gasteiger partial charge is 0.465 e. The lowest BCUT2D eigenvalue weighted by Crippen LogP contribution is -2.32. The second-order valence-corrected chi connectivity index (χ2v) is 2.51. The van der Waals surface area contributed by atoms with Crippen LogP contribution in [0.3, 0.4) is 0 Å². The molecule has 0 aromatic rings. The Bertz CT molecular complexity index is 114. The van der Waals surface area contributed by atoms with E-state index in [1.165, 1.54) is 4.90 Å². The predicted octanol–water partition coefficient (Wildman–Crippen LogP) is 0.158. The van der Waals surface area contributed by atoms with E-state index in [1.54, 1.807) is 7.05 Å². The number of likely N-dealkylation sites (N-methyl/N-ethyl adjacent to an activating group) is 2. The number of hydrogen-bond donors (Lipinski definition) is 1. The van der Waals surface area contributed by atoms with Gasteiger partial charge < -0.3 is 14.9 Å². The highest BCUT2D eigenvalue weighted by Gasteiger charge is 2.03. The zero-order chi connectivity index (χ0) is 8.15. The van der Waals surface area contributed by atoms with Crippen molar-refractivity contribution in [3.63, 3.8) is 0 Å². The fourth-order valence-corrected chi connectivity index (χ4v) is 0.446. The normalized spacial score (nSPS) is 10.0. The molecule has 1 amide bonds. The van der Waals surface area contributed by atoms with Crippen LogP contribution in [0.4, 0.5) is 4.79 Å². The number of carbonyl (C=O) groups is 1. The molecule has 0 aromatic carbocycles. The molecule has 4 nitrogen and oxygen atoms in total. The Balaban J connectivity index is 3.40. The predicted molar refractivity (Wildman–Crippen MR) is 39.2 cm³/mol. The van der Waals surface area contributed by atoms with E-state index in [4.69, 9.17) is 5.11 Å². The van der Waals surface area contributed by atoms with Gasteiger partial charge in [0.2, 0.25) is 0 Å². The van der Waals surface area contributed by atoms with E-state index in [1.807, 2.05) is 19.0 Å². The van der Waals surface area contributed by atoms with Crippen molar-refractivity contribution in [2.24, 2.45) is 0 Å². The van der Waals surface area contributed by atoms with Gasteiger partial charge in [0.15, 0.2) is 0 Å². The third kappa shape index (κ3) is 4.14. The molecule has 4 heteroatoms. The van der Waals surface area contributed by atoms with Gasteiger partial charge in [-0.1, -0.05) is 0 Å². The summed E-state index contributed by atoms with van der Waals surface area (Å²) in [5.41, 5.74) is 0. The van der Waals surface area contributed by atoms with Gasteiger partial charge in [0, 0.05) is 20.1 Å². The van der Waals surface area contributed by atoms with Gasteiger partial charge in [-0.2, -0.15) is 0 Å². The van der Waals surface area contributed by atoms with Crippen molar-refractivity contribution in [2.75, 3.05) is 34.2 Å². The first kappa shape index (κ1) is 9.23. The average Bonchev–Trinajstić information content (AvgIpc) is 1.82. The third-order valence-corrected chi connectivity index (χ3v) is 1.21. The summed E-state index contributed by atoms with van der Waals surface area (Å²) in [6.45, 7) is 1.32. The van der Waals surface area contributed by atoms with Gasteiger partial charge >= 0.3 is 6.09 Å². The van der Waals surface area contributed by atoms with Crippen molar-refractivity contribution in [3.8, 4) is 0 Å². The second kappa shape index (κ2) is 4.11. The molecular formula is C6H14N2O2. The number of rotatable bonds is 3. The average molecular weight is 146 g/mol. The van der Waals surface area contributed by atoms with Crippen molar-refractivity contribution in [1.29, 1.82) is 0 Å². The molecule has 60 valence electrons. The van der Waals surface area contributed by atoms with Crippen LogP contribution in [0.2, 0.25) is 0 Å². The topological polar surface area (TPSA) is 43.8 Å². The fourth-order valence-electron chi connectivity index (χ4n) is 0.446. The van der Waals surface area contributed by atoms with Crippen molar-refractivity contribution in [1.82, 2.24) is 9.80 Å². The van der Waals surface area contributed by atoms with Crippen molar-refractivity contribution < 1.29 is 9.90 Å². The van der Waals surface area contributed by atoms with E-state index >= 15 is 0 Å². The summed E-state index contributed by atoms with van der Waals surface area (Å²) in [7, 11) is 5.39. The summed E-state index contributed by atoms with van der Waals surface area (Å²) in [5.74, 6) is 0. The molecule has 1 N–H and O–H groups in total. The van der Waals surface area contributed by atoms with E-state index < -0.39 is 6.09 Å². The number of carboxylic acid groups (broad SMARTS) is 1. The minimum atomic E-state index is -0.873. The maximum atomic E-state index is 10.2. The SMILES string of the molecule is CN(C)CCN(C)C(=O)O. The quantitative estimate of drug-likeness (QED) is 0.616. The number of nitrogens with zero attached hydrogens (tertiary/aromatic N) is 2. The second-order valence-electron chi connectivity index (χ2n) is 2.51. The molecule has 0 aliphatic carbocycles. The highest BCUT2D eigenvalue weighted by Crippen LogP contribution is 1.83. The molecule has 0 aromatic heterocycles. The maximum absolute atomic E-state index is 10.2. The van der Waals surface area contributed by atoms with Crippen molar-refractivity contribution in [2.45, 2.75) is 0 Å². The Labute approximate surface area is 61.0 Å². The first-order chi connectivity index (χ1) is 4.54. The van der Waals surface area contributed by atoms with E-state index in [-0.39, 0.29) is 0 Å². The molecule has 0 saturated carbocycles. The molecule has 0 bridgehead atoms. The van der Waals surface area contributed by atoms with Gasteiger partial charge in [-0.15, -0.1) is 0 Å². The smallest absolute Gasteiger partial charge is 0.407 e. The Kier molecular flexibility index (Phi) is 3.79. The summed E-state index contributed by atoms with van der Waals surface area (Å²) in [6, 6.07) is 0. The Morgan fingerprint density at radius 1 is 1.30 bits per heavy atom. The summed E-state index contributed by atoms with van der Waals surface area (Å²) in [4.78, 5) is 13.4. The first-order valence-corrected chi connectivity index (χ1v) is 3.13. The van der Waals surface area contributed by atoms with Crippen molar-refractivity contribution in [3.05, 3.63) is 0 Å².